The lowest BCUT2D eigenvalue weighted by atomic mass is 9.96. The number of nitrogens with two attached hydrogens (primary N) is 1. The average Bonchev–Trinajstić information content (AvgIpc) is 3.20. The quantitative estimate of drug-likeness (QED) is 0.0231. The highest BCUT2D eigenvalue weighted by atomic mass is 16.7. The zero-order valence-electron chi connectivity index (χ0n) is 31.6. The first-order chi connectivity index (χ1) is 27.3. The zero-order chi connectivity index (χ0) is 42.1. The minimum absolute atomic E-state index is 0.0422. The summed E-state index contributed by atoms with van der Waals surface area (Å²) in [5, 5.41) is 105. The predicted octanol–water partition coefficient (Wildman–Crippen LogP) is -6.77. The fourth-order valence-electron chi connectivity index (χ4n) is 6.37. The van der Waals surface area contributed by atoms with Crippen molar-refractivity contribution >= 4 is 18.1 Å². The standard InChI is InChI=1S/C34H62N4O19/c35-10-6-5-7-17(13-39)37-38-22(43)9-4-2-1-3-8-21(42)36-11-12-52-33-30(51)31(57-34-29(50)27(48)24(45)19(15-41)55-34)25(46)20(56-33)16-53-32-28(49)26(47)23(44)18(14-40)54-32/h13,17-20,23-34,37,40-41,44-51H,1-12,14-16,35H2,(H,36,42)(H,38,43)/t17-,18+,19+,20+,23+,24+,25+,26-,27-,28-,29-,30-,31-,32-,33-,34+/m0/s1. The number of carbonyl (C=O) groups is 3. The maximum Gasteiger partial charge on any atom is 0.234 e. The van der Waals surface area contributed by atoms with Crippen LogP contribution in [0.4, 0.5) is 0 Å². The van der Waals surface area contributed by atoms with Crippen molar-refractivity contribution < 1.29 is 93.9 Å². The number of rotatable bonds is 25. The predicted molar refractivity (Wildman–Crippen MR) is 190 cm³/mol. The van der Waals surface area contributed by atoms with Crippen LogP contribution in [0, 0.1) is 0 Å². The molecule has 23 heteroatoms. The molecule has 332 valence electrons. The minimum Gasteiger partial charge on any atom is -0.394 e. The molecule has 0 aromatic heterocycles. The normalized spacial score (nSPS) is 36.4. The van der Waals surface area contributed by atoms with Crippen molar-refractivity contribution in [1.82, 2.24) is 16.2 Å². The van der Waals surface area contributed by atoms with E-state index in [0.717, 1.165) is 19.1 Å². The lowest BCUT2D eigenvalue weighted by molar-refractivity contribution is -0.366. The van der Waals surface area contributed by atoms with Crippen LogP contribution in [0.15, 0.2) is 0 Å². The highest BCUT2D eigenvalue weighted by molar-refractivity contribution is 5.76. The monoisotopic (exact) mass is 830 g/mol. The highest BCUT2D eigenvalue weighted by Gasteiger charge is 2.52. The maximum absolute atomic E-state index is 12.4. The van der Waals surface area contributed by atoms with Gasteiger partial charge in [-0.1, -0.05) is 19.3 Å². The molecule has 0 unspecified atom stereocenters. The van der Waals surface area contributed by atoms with E-state index in [0.29, 0.717) is 38.6 Å². The summed E-state index contributed by atoms with van der Waals surface area (Å²) in [4.78, 5) is 35.6. The van der Waals surface area contributed by atoms with Gasteiger partial charge >= 0.3 is 0 Å². The average molecular weight is 831 g/mol. The van der Waals surface area contributed by atoms with Crippen molar-refractivity contribution in [3.05, 3.63) is 0 Å². The molecule has 0 aromatic rings. The Morgan fingerprint density at radius 3 is 1.81 bits per heavy atom. The fourth-order valence-corrected chi connectivity index (χ4v) is 6.37. The summed E-state index contributed by atoms with van der Waals surface area (Å²) in [6.45, 7) is -1.88. The van der Waals surface area contributed by atoms with Crippen LogP contribution in [0.3, 0.4) is 0 Å². The second kappa shape index (κ2) is 25.5. The van der Waals surface area contributed by atoms with E-state index in [1.807, 2.05) is 0 Å². The SMILES string of the molecule is NCCCC[C@@H](C=O)NNC(=O)CCCCCCC(=O)NCCO[C@H]1O[C@H](CO[C@H]2O[C@H](CO)[C@@H](O)[C@H](O)[C@@H]2O)[C@@H](O)[C@H](O[C@H]2O[C@H](CO)[C@@H](O)[C@H](O)[C@@H]2O)[C@@H]1O. The number of ether oxygens (including phenoxy) is 6. The Bertz CT molecular complexity index is 1180. The molecule has 23 nitrogen and oxygen atoms in total. The molecule has 3 fully saturated rings. The smallest absolute Gasteiger partial charge is 0.234 e. The van der Waals surface area contributed by atoms with Crippen molar-refractivity contribution in [2.24, 2.45) is 5.73 Å². The van der Waals surface area contributed by atoms with Crippen LogP contribution in [0.5, 0.6) is 0 Å². The van der Waals surface area contributed by atoms with Crippen LogP contribution < -0.4 is 21.9 Å². The number of aliphatic hydroxyl groups excluding tert-OH is 10. The van der Waals surface area contributed by atoms with Gasteiger partial charge in [-0.2, -0.15) is 0 Å². The summed E-state index contributed by atoms with van der Waals surface area (Å²) in [5.41, 5.74) is 10.7. The summed E-state index contributed by atoms with van der Waals surface area (Å²) >= 11 is 0. The number of hydrogen-bond donors (Lipinski definition) is 14. The topological polar surface area (TPSA) is 371 Å². The van der Waals surface area contributed by atoms with Crippen molar-refractivity contribution in [1.29, 1.82) is 0 Å². The van der Waals surface area contributed by atoms with Crippen LogP contribution in [-0.4, -0.2) is 207 Å². The first-order valence-electron chi connectivity index (χ1n) is 19.3. The molecule has 3 rings (SSSR count). The molecule has 3 aliphatic rings. The Morgan fingerprint density at radius 1 is 0.649 bits per heavy atom. The second-order valence-corrected chi connectivity index (χ2v) is 14.2. The summed E-state index contributed by atoms with van der Waals surface area (Å²) in [6.07, 6.45) is -19.4. The lowest BCUT2D eigenvalue weighted by Crippen LogP contribution is -2.65. The van der Waals surface area contributed by atoms with Gasteiger partial charge in [0.1, 0.15) is 79.5 Å². The van der Waals surface area contributed by atoms with Crippen LogP contribution in [0.25, 0.3) is 0 Å². The van der Waals surface area contributed by atoms with Gasteiger partial charge in [0.05, 0.1) is 32.5 Å². The molecule has 3 aliphatic heterocycles. The Kier molecular flexibility index (Phi) is 22.0. The molecule has 0 radical (unpaired) electrons. The molecule has 15 N–H and O–H groups in total. The van der Waals surface area contributed by atoms with Gasteiger partial charge in [-0.15, -0.1) is 0 Å². The molecule has 57 heavy (non-hydrogen) atoms. The summed E-state index contributed by atoms with van der Waals surface area (Å²) in [7, 11) is 0. The van der Waals surface area contributed by atoms with E-state index in [-0.39, 0.29) is 37.8 Å². The lowest BCUT2D eigenvalue weighted by Gasteiger charge is -2.46. The van der Waals surface area contributed by atoms with E-state index >= 15 is 0 Å². The number of nitrogens with one attached hydrogen (secondary N) is 3. The number of aliphatic hydroxyl groups is 10. The first-order valence-corrected chi connectivity index (χ1v) is 19.3. The molecule has 0 spiro atoms. The molecular formula is C34H62N4O19. The number of aldehydes is 1. The van der Waals surface area contributed by atoms with Gasteiger partial charge in [0, 0.05) is 19.4 Å². The van der Waals surface area contributed by atoms with Crippen LogP contribution >= 0.6 is 0 Å². The van der Waals surface area contributed by atoms with E-state index in [9.17, 15) is 65.4 Å². The van der Waals surface area contributed by atoms with Crippen molar-refractivity contribution in [2.45, 2.75) is 156 Å². The van der Waals surface area contributed by atoms with Gasteiger partial charge in [-0.05, 0) is 32.2 Å². The Hall–Kier alpha value is -2.11. The minimum atomic E-state index is -1.90. The van der Waals surface area contributed by atoms with E-state index in [1.165, 1.54) is 0 Å². The van der Waals surface area contributed by atoms with Crippen LogP contribution in [0.2, 0.25) is 0 Å². The van der Waals surface area contributed by atoms with Gasteiger partial charge < -0.3 is 95.3 Å². The van der Waals surface area contributed by atoms with Crippen molar-refractivity contribution in [3.8, 4) is 0 Å². The molecule has 0 saturated carbocycles. The number of amides is 2. The Balaban J connectivity index is 1.48. The third-order valence-corrected chi connectivity index (χ3v) is 9.85. The van der Waals surface area contributed by atoms with E-state index in [1.54, 1.807) is 0 Å². The summed E-state index contributed by atoms with van der Waals surface area (Å²) < 4.78 is 33.2. The van der Waals surface area contributed by atoms with Crippen LogP contribution in [-0.2, 0) is 42.8 Å². The van der Waals surface area contributed by atoms with Gasteiger partial charge in [0.25, 0.3) is 0 Å². The van der Waals surface area contributed by atoms with Gasteiger partial charge in [-0.3, -0.25) is 15.0 Å². The number of carbonyl (C=O) groups excluding carboxylic acids is 3. The molecule has 0 aromatic carbocycles. The van der Waals surface area contributed by atoms with Crippen LogP contribution in [0.1, 0.15) is 57.8 Å². The Labute approximate surface area is 329 Å². The number of hydrogen-bond acceptors (Lipinski definition) is 21. The molecular weight excluding hydrogens is 768 g/mol. The first kappa shape index (κ1) is 49.3. The van der Waals surface area contributed by atoms with E-state index in [2.05, 4.69) is 16.2 Å². The van der Waals surface area contributed by atoms with Crippen molar-refractivity contribution in [3.63, 3.8) is 0 Å². The number of unbranched alkanes of at least 4 members (excludes halogenated alkanes) is 4. The fraction of sp³-hybridized carbons (Fsp3) is 0.912. The third-order valence-electron chi connectivity index (χ3n) is 9.85. The highest BCUT2D eigenvalue weighted by Crippen LogP contribution is 2.31. The van der Waals surface area contributed by atoms with E-state index in [4.69, 9.17) is 34.2 Å². The summed E-state index contributed by atoms with van der Waals surface area (Å²) in [5.74, 6) is -0.551. The zero-order valence-corrected chi connectivity index (χ0v) is 31.6. The van der Waals surface area contributed by atoms with Gasteiger partial charge in [0.15, 0.2) is 18.9 Å². The van der Waals surface area contributed by atoms with Gasteiger partial charge in [-0.25, -0.2) is 5.43 Å². The molecule has 3 heterocycles. The van der Waals surface area contributed by atoms with Crippen molar-refractivity contribution in [2.75, 3.05) is 39.5 Å². The second-order valence-electron chi connectivity index (χ2n) is 14.2. The molecule has 2 amide bonds. The molecule has 0 bridgehead atoms. The Morgan fingerprint density at radius 2 is 1.21 bits per heavy atom. The maximum atomic E-state index is 12.4. The van der Waals surface area contributed by atoms with E-state index < -0.39 is 118 Å². The molecule has 3 saturated heterocycles. The largest absolute Gasteiger partial charge is 0.394 e. The van der Waals surface area contributed by atoms with Gasteiger partial charge in [0.2, 0.25) is 11.8 Å². The summed E-state index contributed by atoms with van der Waals surface area (Å²) in [6, 6.07) is -0.488. The molecule has 16 atom stereocenters. The number of hydrazine groups is 1. The molecule has 0 aliphatic carbocycles. The third kappa shape index (κ3) is 14.8.